The van der Waals surface area contributed by atoms with E-state index < -0.39 is 0 Å². The van der Waals surface area contributed by atoms with Crippen LogP contribution in [0.5, 0.6) is 0 Å². The first-order valence-electron chi connectivity index (χ1n) is 7.33. The molecule has 2 rings (SSSR count). The summed E-state index contributed by atoms with van der Waals surface area (Å²) in [5.41, 5.74) is 0.883. The lowest BCUT2D eigenvalue weighted by Gasteiger charge is -2.22. The second kappa shape index (κ2) is 8.83. The Bertz CT molecular complexity index is 509. The van der Waals surface area contributed by atoms with Gasteiger partial charge in [-0.25, -0.2) is 0 Å². The SMILES string of the molecule is O=C(CCC1CCCCO1)NCc1cc(C#CCO)cs1. The fourth-order valence-electron chi connectivity index (χ4n) is 2.28. The molecule has 0 saturated carbocycles. The van der Waals surface area contributed by atoms with Crippen molar-refractivity contribution in [3.05, 3.63) is 21.9 Å². The number of hydrogen-bond acceptors (Lipinski definition) is 4. The number of carbonyl (C=O) groups is 1. The monoisotopic (exact) mass is 307 g/mol. The van der Waals surface area contributed by atoms with Crippen molar-refractivity contribution in [2.75, 3.05) is 13.2 Å². The average molecular weight is 307 g/mol. The van der Waals surface area contributed by atoms with Gasteiger partial charge in [0.05, 0.1) is 12.6 Å². The summed E-state index contributed by atoms with van der Waals surface area (Å²) in [7, 11) is 0. The number of hydrogen-bond donors (Lipinski definition) is 2. The van der Waals surface area contributed by atoms with Crippen molar-refractivity contribution < 1.29 is 14.6 Å². The second-order valence-electron chi connectivity index (χ2n) is 5.07. The van der Waals surface area contributed by atoms with Crippen LogP contribution in [-0.4, -0.2) is 30.3 Å². The second-order valence-corrected chi connectivity index (χ2v) is 6.06. The number of ether oxygens (including phenoxy) is 1. The van der Waals surface area contributed by atoms with E-state index >= 15 is 0 Å². The van der Waals surface area contributed by atoms with Gasteiger partial charge in [-0.3, -0.25) is 4.79 Å². The molecule has 0 bridgehead atoms. The number of thiophene rings is 1. The van der Waals surface area contributed by atoms with Gasteiger partial charge in [-0.1, -0.05) is 11.8 Å². The molecule has 1 saturated heterocycles. The molecule has 1 unspecified atom stereocenters. The van der Waals surface area contributed by atoms with Crippen LogP contribution in [0.15, 0.2) is 11.4 Å². The molecule has 1 aliphatic heterocycles. The van der Waals surface area contributed by atoms with Crippen molar-refractivity contribution in [2.45, 2.75) is 44.8 Å². The fourth-order valence-corrected chi connectivity index (χ4v) is 3.04. The molecule has 5 heteroatoms. The van der Waals surface area contributed by atoms with Gasteiger partial charge in [-0.05, 0) is 31.7 Å². The first-order chi connectivity index (χ1) is 10.3. The van der Waals surface area contributed by atoms with E-state index in [1.807, 2.05) is 11.4 Å². The molecule has 21 heavy (non-hydrogen) atoms. The molecule has 2 N–H and O–H groups in total. The molecule has 0 spiro atoms. The third kappa shape index (κ3) is 5.88. The zero-order valence-corrected chi connectivity index (χ0v) is 12.9. The standard InChI is InChI=1S/C16H21NO3S/c18-8-3-4-13-10-15(21-12-13)11-17-16(19)7-6-14-5-1-2-9-20-14/h10,12,14,18H,1-2,5-9,11H2,(H,17,19). The van der Waals surface area contributed by atoms with Crippen molar-refractivity contribution in [3.8, 4) is 11.8 Å². The Morgan fingerprint density at radius 1 is 1.52 bits per heavy atom. The molecular formula is C16H21NO3S. The summed E-state index contributed by atoms with van der Waals surface area (Å²) >= 11 is 1.56. The van der Waals surface area contributed by atoms with Gasteiger partial charge in [0.15, 0.2) is 0 Å². The average Bonchev–Trinajstić information content (AvgIpc) is 2.98. The predicted octanol–water partition coefficient (Wildman–Crippen LogP) is 2.06. The number of carbonyl (C=O) groups excluding carboxylic acids is 1. The van der Waals surface area contributed by atoms with Crippen LogP contribution >= 0.6 is 11.3 Å². The van der Waals surface area contributed by atoms with Gasteiger partial charge < -0.3 is 15.2 Å². The molecule has 1 fully saturated rings. The van der Waals surface area contributed by atoms with E-state index in [1.54, 1.807) is 11.3 Å². The van der Waals surface area contributed by atoms with Crippen molar-refractivity contribution in [1.82, 2.24) is 5.32 Å². The fraction of sp³-hybridized carbons (Fsp3) is 0.562. The lowest BCUT2D eigenvalue weighted by atomic mass is 10.0. The Labute approximate surface area is 129 Å². The zero-order chi connectivity index (χ0) is 14.9. The summed E-state index contributed by atoms with van der Waals surface area (Å²) in [6.07, 6.45) is 5.01. The molecule has 4 nitrogen and oxygen atoms in total. The molecule has 0 radical (unpaired) electrons. The lowest BCUT2D eigenvalue weighted by molar-refractivity contribution is -0.122. The molecule has 0 aromatic carbocycles. The molecule has 1 aromatic heterocycles. The number of nitrogens with one attached hydrogen (secondary N) is 1. The minimum Gasteiger partial charge on any atom is -0.384 e. The Balaban J connectivity index is 1.67. The van der Waals surface area contributed by atoms with Crippen LogP contribution in [0, 0.1) is 11.8 Å². The Morgan fingerprint density at radius 3 is 3.19 bits per heavy atom. The van der Waals surface area contributed by atoms with Crippen LogP contribution in [-0.2, 0) is 16.1 Å². The summed E-state index contributed by atoms with van der Waals surface area (Å²) in [5, 5.41) is 13.5. The third-order valence-electron chi connectivity index (χ3n) is 3.39. The summed E-state index contributed by atoms with van der Waals surface area (Å²) in [6, 6.07) is 1.94. The largest absolute Gasteiger partial charge is 0.384 e. The Hall–Kier alpha value is -1.35. The number of aliphatic hydroxyl groups is 1. The number of aliphatic hydroxyl groups excluding tert-OH is 1. The van der Waals surface area contributed by atoms with Crippen LogP contribution in [0.4, 0.5) is 0 Å². The number of rotatable bonds is 5. The highest BCUT2D eigenvalue weighted by Crippen LogP contribution is 2.17. The molecule has 0 aliphatic carbocycles. The van der Waals surface area contributed by atoms with Crippen molar-refractivity contribution in [3.63, 3.8) is 0 Å². The predicted molar refractivity (Wildman–Crippen MR) is 83.0 cm³/mol. The van der Waals surface area contributed by atoms with Gasteiger partial charge in [0.1, 0.15) is 6.61 Å². The van der Waals surface area contributed by atoms with Crippen molar-refractivity contribution in [1.29, 1.82) is 0 Å². The van der Waals surface area contributed by atoms with Crippen molar-refractivity contribution >= 4 is 17.2 Å². The van der Waals surface area contributed by atoms with E-state index in [0.29, 0.717) is 13.0 Å². The van der Waals surface area contributed by atoms with Crippen molar-refractivity contribution in [2.24, 2.45) is 0 Å². The van der Waals surface area contributed by atoms with E-state index in [2.05, 4.69) is 17.2 Å². The van der Waals surface area contributed by atoms with E-state index in [-0.39, 0.29) is 18.6 Å². The molecule has 1 amide bonds. The smallest absolute Gasteiger partial charge is 0.220 e. The zero-order valence-electron chi connectivity index (χ0n) is 12.1. The first-order valence-corrected chi connectivity index (χ1v) is 8.21. The van der Waals surface area contributed by atoms with Gasteiger partial charge in [0.25, 0.3) is 0 Å². The summed E-state index contributed by atoms with van der Waals surface area (Å²) in [4.78, 5) is 12.9. The van der Waals surface area contributed by atoms with Gasteiger partial charge >= 0.3 is 0 Å². The van der Waals surface area contributed by atoms with E-state index in [1.165, 1.54) is 6.42 Å². The molecule has 114 valence electrons. The van der Waals surface area contributed by atoms with Gasteiger partial charge in [0, 0.05) is 28.8 Å². The number of amides is 1. The van der Waals surface area contributed by atoms with Crippen LogP contribution in [0.2, 0.25) is 0 Å². The molecule has 2 heterocycles. The van der Waals surface area contributed by atoms with E-state index in [9.17, 15) is 4.79 Å². The highest BCUT2D eigenvalue weighted by Gasteiger charge is 2.15. The Kier molecular flexibility index (Phi) is 6.74. The van der Waals surface area contributed by atoms with Crippen LogP contribution in [0.25, 0.3) is 0 Å². The maximum Gasteiger partial charge on any atom is 0.220 e. The van der Waals surface area contributed by atoms with Crippen LogP contribution in [0.1, 0.15) is 42.5 Å². The van der Waals surface area contributed by atoms with E-state index in [0.717, 1.165) is 36.3 Å². The molecule has 1 aliphatic rings. The lowest BCUT2D eigenvalue weighted by Crippen LogP contribution is -2.25. The summed E-state index contributed by atoms with van der Waals surface area (Å²) < 4.78 is 5.62. The molecule has 1 atom stereocenters. The normalized spacial score (nSPS) is 17.9. The van der Waals surface area contributed by atoms with Crippen LogP contribution < -0.4 is 5.32 Å². The maximum atomic E-state index is 11.8. The third-order valence-corrected chi connectivity index (χ3v) is 4.33. The summed E-state index contributed by atoms with van der Waals surface area (Å²) in [6.45, 7) is 1.24. The topological polar surface area (TPSA) is 58.6 Å². The highest BCUT2D eigenvalue weighted by atomic mass is 32.1. The molecular weight excluding hydrogens is 286 g/mol. The highest BCUT2D eigenvalue weighted by molar-refractivity contribution is 7.10. The van der Waals surface area contributed by atoms with Gasteiger partial charge in [-0.2, -0.15) is 0 Å². The van der Waals surface area contributed by atoms with Gasteiger partial charge in [-0.15, -0.1) is 11.3 Å². The maximum absolute atomic E-state index is 11.8. The quantitative estimate of drug-likeness (QED) is 0.819. The summed E-state index contributed by atoms with van der Waals surface area (Å²) in [5.74, 6) is 5.53. The first kappa shape index (κ1) is 16.0. The molecule has 1 aromatic rings. The Morgan fingerprint density at radius 2 is 2.43 bits per heavy atom. The minimum atomic E-state index is -0.134. The van der Waals surface area contributed by atoms with E-state index in [4.69, 9.17) is 9.84 Å². The van der Waals surface area contributed by atoms with Crippen LogP contribution in [0.3, 0.4) is 0 Å². The minimum absolute atomic E-state index is 0.0700. The van der Waals surface area contributed by atoms with Gasteiger partial charge in [0.2, 0.25) is 5.91 Å².